The summed E-state index contributed by atoms with van der Waals surface area (Å²) in [5, 5.41) is 13.9. The Balaban J connectivity index is 1.39. The molecule has 182 valence electrons. The van der Waals surface area contributed by atoms with Crippen molar-refractivity contribution < 1.29 is 19.0 Å². The quantitative estimate of drug-likeness (QED) is 0.303. The maximum absolute atomic E-state index is 14.4. The Hall–Kier alpha value is -4.31. The van der Waals surface area contributed by atoms with E-state index in [1.54, 1.807) is 25.4 Å². The van der Waals surface area contributed by atoms with Gasteiger partial charge in [-0.05, 0) is 47.9 Å². The molecule has 36 heavy (non-hydrogen) atoms. The Morgan fingerprint density at radius 3 is 2.58 bits per heavy atom. The van der Waals surface area contributed by atoms with Crippen molar-refractivity contribution in [1.29, 1.82) is 0 Å². The third-order valence-corrected chi connectivity index (χ3v) is 6.84. The molecule has 0 radical (unpaired) electrons. The number of hydrogen-bond acceptors (Lipinski definition) is 7. The van der Waals surface area contributed by atoms with Gasteiger partial charge in [0.05, 0.1) is 29.1 Å². The Morgan fingerprint density at radius 1 is 1.11 bits per heavy atom. The molecule has 2 aromatic carbocycles. The molecule has 0 saturated carbocycles. The molecule has 0 fully saturated rings. The van der Waals surface area contributed by atoms with Crippen LogP contribution in [0.5, 0.6) is 5.75 Å². The number of thiazole rings is 1. The highest BCUT2D eigenvalue weighted by atomic mass is 32.1. The molecule has 5 aromatic rings. The molecule has 0 aliphatic heterocycles. The number of carboxylic acid groups (broad SMARTS) is 1. The molecule has 3 aromatic heterocycles. The van der Waals surface area contributed by atoms with Gasteiger partial charge in [0.1, 0.15) is 11.6 Å². The first kappa shape index (κ1) is 23.4. The Morgan fingerprint density at radius 2 is 1.92 bits per heavy atom. The Labute approximate surface area is 210 Å². The lowest BCUT2D eigenvalue weighted by molar-refractivity contribution is 0.0697. The predicted molar refractivity (Wildman–Crippen MR) is 136 cm³/mol. The number of carbonyl (C=O) groups is 1. The van der Waals surface area contributed by atoms with Crippen molar-refractivity contribution in [3.05, 3.63) is 95.7 Å². The van der Waals surface area contributed by atoms with Gasteiger partial charge in [-0.3, -0.25) is 0 Å². The number of methoxy groups -OCH3 is 1. The second-order valence-electron chi connectivity index (χ2n) is 8.11. The first-order valence-electron chi connectivity index (χ1n) is 11.2. The molecule has 3 heterocycles. The number of rotatable bonds is 9. The molecular formula is C26H22FN5O3S. The topological polar surface area (TPSA) is 93.4 Å². The molecule has 0 amide bonds. The van der Waals surface area contributed by atoms with Crippen molar-refractivity contribution in [1.82, 2.24) is 19.7 Å². The average Bonchev–Trinajstić information content (AvgIpc) is 3.56. The molecular weight excluding hydrogens is 481 g/mol. The number of anilines is 1. The van der Waals surface area contributed by atoms with Crippen molar-refractivity contribution in [2.75, 3.05) is 18.6 Å². The van der Waals surface area contributed by atoms with E-state index in [4.69, 9.17) is 9.84 Å². The van der Waals surface area contributed by atoms with Crippen molar-refractivity contribution in [2.45, 2.75) is 13.0 Å². The number of nitrogens with zero attached hydrogens (tertiary/aromatic N) is 5. The maximum atomic E-state index is 14.4. The van der Waals surface area contributed by atoms with E-state index in [2.05, 4.69) is 20.0 Å². The van der Waals surface area contributed by atoms with Crippen molar-refractivity contribution in [3.63, 3.8) is 0 Å². The van der Waals surface area contributed by atoms with Gasteiger partial charge in [-0.25, -0.2) is 23.8 Å². The van der Waals surface area contributed by atoms with Crippen LogP contribution in [0.25, 0.3) is 16.0 Å². The first-order valence-corrected chi connectivity index (χ1v) is 12.0. The van der Waals surface area contributed by atoms with E-state index in [9.17, 15) is 9.18 Å². The molecule has 10 heteroatoms. The summed E-state index contributed by atoms with van der Waals surface area (Å²) in [6, 6.07) is 16.5. The minimum absolute atomic E-state index is 0.0913. The largest absolute Gasteiger partial charge is 0.497 e. The number of pyridine rings is 1. The van der Waals surface area contributed by atoms with Crippen molar-refractivity contribution in [2.24, 2.45) is 0 Å². The fourth-order valence-corrected chi connectivity index (χ4v) is 4.76. The summed E-state index contributed by atoms with van der Waals surface area (Å²) in [5.41, 5.74) is 2.80. The van der Waals surface area contributed by atoms with Gasteiger partial charge in [-0.2, -0.15) is 5.10 Å². The SMILES string of the molecule is COc1ccc(CCN(Cc2ccc(-n3cc(C(=O)O)cn3)nc2)c2nc3cccc(F)c3s2)cc1. The maximum Gasteiger partial charge on any atom is 0.338 e. The minimum atomic E-state index is -1.04. The van der Waals surface area contributed by atoms with E-state index in [0.717, 1.165) is 28.4 Å². The van der Waals surface area contributed by atoms with Crippen LogP contribution in [0.15, 0.2) is 73.2 Å². The molecule has 0 bridgehead atoms. The van der Waals surface area contributed by atoms with Gasteiger partial charge < -0.3 is 14.7 Å². The fraction of sp³-hybridized carbons (Fsp3) is 0.154. The number of hydrogen-bond donors (Lipinski definition) is 1. The molecule has 0 aliphatic carbocycles. The second-order valence-corrected chi connectivity index (χ2v) is 9.09. The van der Waals surface area contributed by atoms with Crippen LogP contribution in [-0.2, 0) is 13.0 Å². The lowest BCUT2D eigenvalue weighted by Crippen LogP contribution is -2.25. The highest BCUT2D eigenvalue weighted by Gasteiger charge is 2.16. The van der Waals surface area contributed by atoms with Gasteiger partial charge in [-0.15, -0.1) is 0 Å². The van der Waals surface area contributed by atoms with E-state index in [0.29, 0.717) is 29.1 Å². The summed E-state index contributed by atoms with van der Waals surface area (Å²) in [6.45, 7) is 1.18. The molecule has 0 atom stereocenters. The normalized spacial score (nSPS) is 11.1. The molecule has 8 nitrogen and oxygen atoms in total. The summed E-state index contributed by atoms with van der Waals surface area (Å²) < 4.78 is 21.6. The summed E-state index contributed by atoms with van der Waals surface area (Å²) >= 11 is 1.33. The van der Waals surface area contributed by atoms with E-state index in [-0.39, 0.29) is 11.4 Å². The molecule has 0 saturated heterocycles. The standard InChI is InChI=1S/C26H22FN5O3S/c1-35-20-8-5-17(6-9-20)11-12-31(26-30-22-4-2-3-21(27)24(22)36-26)15-18-7-10-23(28-13-18)32-16-19(14-29-32)25(33)34/h2-10,13-14,16H,11-12,15H2,1H3,(H,33,34). The molecule has 0 spiro atoms. The van der Waals surface area contributed by atoms with Crippen LogP contribution < -0.4 is 9.64 Å². The number of aromatic nitrogens is 4. The van der Waals surface area contributed by atoms with Crippen LogP contribution in [-0.4, -0.2) is 44.5 Å². The number of ether oxygens (including phenoxy) is 1. The third-order valence-electron chi connectivity index (χ3n) is 5.70. The van der Waals surface area contributed by atoms with Crippen LogP contribution in [0.1, 0.15) is 21.5 Å². The second kappa shape index (κ2) is 10.1. The highest BCUT2D eigenvalue weighted by Crippen LogP contribution is 2.31. The zero-order valence-corrected chi connectivity index (χ0v) is 20.2. The van der Waals surface area contributed by atoms with Gasteiger partial charge >= 0.3 is 5.97 Å². The zero-order chi connectivity index (χ0) is 25.1. The van der Waals surface area contributed by atoms with Crippen LogP contribution in [0.4, 0.5) is 9.52 Å². The van der Waals surface area contributed by atoms with Crippen LogP contribution in [0, 0.1) is 5.82 Å². The molecule has 0 unspecified atom stereocenters. The van der Waals surface area contributed by atoms with Gasteiger partial charge in [0.25, 0.3) is 0 Å². The van der Waals surface area contributed by atoms with Crippen molar-refractivity contribution >= 4 is 32.7 Å². The average molecular weight is 504 g/mol. The van der Waals surface area contributed by atoms with E-state index >= 15 is 0 Å². The van der Waals surface area contributed by atoms with E-state index < -0.39 is 5.97 Å². The zero-order valence-electron chi connectivity index (χ0n) is 19.3. The van der Waals surface area contributed by atoms with E-state index in [1.807, 2.05) is 36.4 Å². The van der Waals surface area contributed by atoms with Crippen LogP contribution in [0.2, 0.25) is 0 Å². The van der Waals surface area contributed by atoms with Gasteiger partial charge in [-0.1, -0.05) is 35.6 Å². The summed E-state index contributed by atoms with van der Waals surface area (Å²) in [5.74, 6) is -0.0101. The van der Waals surface area contributed by atoms with Gasteiger partial charge in [0.15, 0.2) is 10.9 Å². The molecule has 1 N–H and O–H groups in total. The number of fused-ring (bicyclic) bond motifs is 1. The number of carboxylic acids is 1. The lowest BCUT2D eigenvalue weighted by Gasteiger charge is -2.22. The van der Waals surface area contributed by atoms with Gasteiger partial charge in [0, 0.05) is 25.5 Å². The number of benzene rings is 2. The van der Waals surface area contributed by atoms with Crippen LogP contribution >= 0.6 is 11.3 Å². The lowest BCUT2D eigenvalue weighted by atomic mass is 10.1. The predicted octanol–water partition coefficient (Wildman–Crippen LogP) is 4.97. The molecule has 5 rings (SSSR count). The molecule has 0 aliphatic rings. The first-order chi connectivity index (χ1) is 17.5. The summed E-state index contributed by atoms with van der Waals surface area (Å²) in [4.78, 5) is 22.4. The number of aromatic carboxylic acids is 1. The third kappa shape index (κ3) is 5.03. The summed E-state index contributed by atoms with van der Waals surface area (Å²) in [6.07, 6.45) is 5.19. The smallest absolute Gasteiger partial charge is 0.338 e. The number of halogens is 1. The summed E-state index contributed by atoms with van der Waals surface area (Å²) in [7, 11) is 1.64. The minimum Gasteiger partial charge on any atom is -0.497 e. The Bertz CT molecular complexity index is 1500. The fourth-order valence-electron chi connectivity index (χ4n) is 3.76. The monoisotopic (exact) mass is 503 g/mol. The van der Waals surface area contributed by atoms with Gasteiger partial charge in [0.2, 0.25) is 0 Å². The van der Waals surface area contributed by atoms with Crippen LogP contribution in [0.3, 0.4) is 0 Å². The highest BCUT2D eigenvalue weighted by molar-refractivity contribution is 7.22. The Kier molecular flexibility index (Phi) is 6.59. The van der Waals surface area contributed by atoms with E-state index in [1.165, 1.54) is 34.5 Å². The van der Waals surface area contributed by atoms with Crippen molar-refractivity contribution in [3.8, 4) is 11.6 Å².